The highest BCUT2D eigenvalue weighted by Gasteiger charge is 2.27. The number of nitrogen functional groups attached to an aromatic ring is 1. The number of fused-ring (bicyclic) bond motifs is 1. The fraction of sp³-hybridized carbons (Fsp3) is 0.286. The molecule has 0 radical (unpaired) electrons. The van der Waals surface area contributed by atoms with Crippen LogP contribution >= 0.6 is 0 Å². The Bertz CT molecular complexity index is 895. The lowest BCUT2D eigenvalue weighted by Gasteiger charge is -2.28. The number of pyridine rings is 1. The number of allylic oxidation sites excluding steroid dienone is 1. The van der Waals surface area contributed by atoms with Gasteiger partial charge in [0.2, 0.25) is 0 Å². The van der Waals surface area contributed by atoms with E-state index in [2.05, 4.69) is 33.5 Å². The normalized spacial score (nSPS) is 16.9. The molecular formula is C21H26N6O2. The quantitative estimate of drug-likeness (QED) is 0.233. The average molecular weight is 394 g/mol. The predicted octanol–water partition coefficient (Wildman–Crippen LogP) is 1.52. The highest BCUT2D eigenvalue weighted by atomic mass is 16.5. The molecule has 1 unspecified atom stereocenters. The molecule has 1 atom stereocenters. The summed E-state index contributed by atoms with van der Waals surface area (Å²) in [6, 6.07) is 9.42. The largest absolute Gasteiger partial charge is 0.370 e. The van der Waals surface area contributed by atoms with Crippen LogP contribution in [0.25, 0.3) is 0 Å². The number of hydrazine groups is 1. The number of nitrogens with one attached hydrogen (secondary N) is 2. The highest BCUT2D eigenvalue weighted by Crippen LogP contribution is 2.27. The Balaban J connectivity index is 1.55. The summed E-state index contributed by atoms with van der Waals surface area (Å²) in [4.78, 5) is 16.2. The third kappa shape index (κ3) is 4.79. The van der Waals surface area contributed by atoms with Crippen molar-refractivity contribution in [1.29, 1.82) is 0 Å². The number of rotatable bonds is 8. The third-order valence-electron chi connectivity index (χ3n) is 4.89. The molecule has 3 rings (SSSR count). The molecule has 1 heterocycles. The lowest BCUT2D eigenvalue weighted by Crippen LogP contribution is -2.35. The van der Waals surface area contributed by atoms with Gasteiger partial charge in [-0.2, -0.15) is 5.10 Å². The molecule has 0 bridgehead atoms. The molecule has 1 aromatic carbocycles. The zero-order valence-electron chi connectivity index (χ0n) is 16.2. The van der Waals surface area contributed by atoms with E-state index in [4.69, 9.17) is 16.4 Å². The van der Waals surface area contributed by atoms with Crippen molar-refractivity contribution in [1.82, 2.24) is 10.3 Å². The topological polar surface area (TPSA) is 128 Å². The number of anilines is 1. The van der Waals surface area contributed by atoms with Crippen LogP contribution in [0, 0.1) is 0 Å². The van der Waals surface area contributed by atoms with Crippen molar-refractivity contribution < 1.29 is 9.53 Å². The Morgan fingerprint density at radius 1 is 1.38 bits per heavy atom. The monoisotopic (exact) mass is 394 g/mol. The minimum atomic E-state index is -0.222. The number of nitrogens with two attached hydrogens (primary N) is 2. The van der Waals surface area contributed by atoms with Crippen molar-refractivity contribution in [3.63, 3.8) is 0 Å². The van der Waals surface area contributed by atoms with Gasteiger partial charge in [-0.15, -0.1) is 6.58 Å². The van der Waals surface area contributed by atoms with E-state index in [1.165, 1.54) is 17.3 Å². The van der Waals surface area contributed by atoms with Gasteiger partial charge in [0.1, 0.15) is 11.9 Å². The van der Waals surface area contributed by atoms with Crippen molar-refractivity contribution in [3.05, 3.63) is 71.4 Å². The number of ether oxygens (including phenoxy) is 1. The Hall–Kier alpha value is -3.23. The lowest BCUT2D eigenvalue weighted by molar-refractivity contribution is 0.0819. The fourth-order valence-electron chi connectivity index (χ4n) is 3.50. The van der Waals surface area contributed by atoms with Crippen LogP contribution in [0.1, 0.15) is 33.5 Å². The van der Waals surface area contributed by atoms with Gasteiger partial charge < -0.3 is 21.3 Å². The van der Waals surface area contributed by atoms with E-state index in [-0.39, 0.29) is 12.0 Å². The molecule has 29 heavy (non-hydrogen) atoms. The smallest absolute Gasteiger partial charge is 0.252 e. The zero-order chi connectivity index (χ0) is 20.6. The summed E-state index contributed by atoms with van der Waals surface area (Å²) >= 11 is 0. The number of hydrazone groups is 1. The van der Waals surface area contributed by atoms with E-state index >= 15 is 0 Å². The first-order valence-electron chi connectivity index (χ1n) is 9.50. The van der Waals surface area contributed by atoms with Crippen LogP contribution in [0.15, 0.2) is 54.3 Å². The van der Waals surface area contributed by atoms with E-state index in [1.807, 2.05) is 18.2 Å². The molecule has 2 aromatic rings. The maximum absolute atomic E-state index is 12.2. The summed E-state index contributed by atoms with van der Waals surface area (Å²) in [6.45, 7) is 4.55. The summed E-state index contributed by atoms with van der Waals surface area (Å²) in [6.07, 6.45) is 5.67. The Morgan fingerprint density at radius 3 is 2.93 bits per heavy atom. The van der Waals surface area contributed by atoms with Crippen molar-refractivity contribution >= 4 is 17.4 Å². The van der Waals surface area contributed by atoms with Crippen LogP contribution in [-0.4, -0.2) is 35.9 Å². The van der Waals surface area contributed by atoms with Gasteiger partial charge in [-0.1, -0.05) is 24.3 Å². The molecule has 0 saturated carbocycles. The third-order valence-corrected chi connectivity index (χ3v) is 4.89. The summed E-state index contributed by atoms with van der Waals surface area (Å²) < 4.78 is 5.98. The number of hydrogen-bond acceptors (Lipinski definition) is 7. The molecule has 0 saturated heterocycles. The number of amides is 1. The van der Waals surface area contributed by atoms with Crippen LogP contribution in [0.5, 0.6) is 0 Å². The van der Waals surface area contributed by atoms with E-state index in [1.54, 1.807) is 12.1 Å². The van der Waals surface area contributed by atoms with Gasteiger partial charge in [-0.25, -0.2) is 10.8 Å². The minimum Gasteiger partial charge on any atom is -0.370 e. The maximum atomic E-state index is 12.2. The molecule has 0 fully saturated rings. The Labute approximate surface area is 170 Å². The van der Waals surface area contributed by atoms with Gasteiger partial charge in [-0.05, 0) is 42.5 Å². The average Bonchev–Trinajstić information content (AvgIpc) is 2.76. The number of carbonyl (C=O) groups is 1. The second kappa shape index (κ2) is 9.81. The van der Waals surface area contributed by atoms with Gasteiger partial charge in [0, 0.05) is 18.3 Å². The molecule has 1 amide bonds. The first kappa shape index (κ1) is 20.5. The predicted molar refractivity (Wildman–Crippen MR) is 114 cm³/mol. The first-order valence-corrected chi connectivity index (χ1v) is 9.50. The standard InChI is InChI=1S/C21H26N6O2/c1-2-4-14-5-3-6-17-16(14)8-9-18(20(17)27-23)29-12-11-24-21(28)15-7-10-19(26-22)25-13-15/h2-3,5-7,10,13,18H,1,4,8-9,11-12,22-23H2,(H,24,28)(H,25,26). The van der Waals surface area contributed by atoms with Crippen LogP contribution in [0.3, 0.4) is 0 Å². The molecule has 152 valence electrons. The van der Waals surface area contributed by atoms with Crippen molar-refractivity contribution in [2.75, 3.05) is 18.6 Å². The van der Waals surface area contributed by atoms with Crippen LogP contribution in [-0.2, 0) is 17.6 Å². The van der Waals surface area contributed by atoms with Crippen molar-refractivity contribution in [2.24, 2.45) is 16.8 Å². The Morgan fingerprint density at radius 2 is 2.24 bits per heavy atom. The number of carbonyl (C=O) groups excluding carboxylic acids is 1. The molecule has 8 heteroatoms. The maximum Gasteiger partial charge on any atom is 0.252 e. The first-order chi connectivity index (χ1) is 14.2. The number of aromatic nitrogens is 1. The molecule has 0 spiro atoms. The molecular weight excluding hydrogens is 368 g/mol. The summed E-state index contributed by atoms with van der Waals surface area (Å²) in [7, 11) is 0. The van der Waals surface area contributed by atoms with Crippen LogP contribution in [0.4, 0.5) is 5.82 Å². The summed E-state index contributed by atoms with van der Waals surface area (Å²) in [5, 5.41) is 6.82. The molecule has 8 nitrogen and oxygen atoms in total. The van der Waals surface area contributed by atoms with Gasteiger partial charge in [0.05, 0.1) is 17.9 Å². The van der Waals surface area contributed by atoms with Gasteiger partial charge in [-0.3, -0.25) is 4.79 Å². The summed E-state index contributed by atoms with van der Waals surface area (Å²) in [5.41, 5.74) is 7.16. The summed E-state index contributed by atoms with van der Waals surface area (Å²) in [5.74, 6) is 11.2. The molecule has 1 aliphatic carbocycles. The van der Waals surface area contributed by atoms with E-state index in [0.29, 0.717) is 24.5 Å². The number of benzene rings is 1. The number of nitrogens with zero attached hydrogens (tertiary/aromatic N) is 2. The lowest BCUT2D eigenvalue weighted by atomic mass is 9.84. The molecule has 1 aromatic heterocycles. The molecule has 1 aliphatic rings. The van der Waals surface area contributed by atoms with Crippen molar-refractivity contribution in [3.8, 4) is 0 Å². The van der Waals surface area contributed by atoms with Gasteiger partial charge in [0.25, 0.3) is 5.91 Å². The molecule has 0 aliphatic heterocycles. The SMILES string of the molecule is C=CCc1cccc2c1CCC(OCCNC(=O)c1ccc(NN)nc1)C2=NN. The van der Waals surface area contributed by atoms with Crippen LogP contribution in [0.2, 0.25) is 0 Å². The van der Waals surface area contributed by atoms with E-state index in [0.717, 1.165) is 30.5 Å². The molecule has 6 N–H and O–H groups in total. The fourth-order valence-corrected chi connectivity index (χ4v) is 3.50. The van der Waals surface area contributed by atoms with Gasteiger partial charge in [0.15, 0.2) is 0 Å². The van der Waals surface area contributed by atoms with E-state index < -0.39 is 0 Å². The van der Waals surface area contributed by atoms with Crippen molar-refractivity contribution in [2.45, 2.75) is 25.4 Å². The zero-order valence-corrected chi connectivity index (χ0v) is 16.2. The minimum absolute atomic E-state index is 0.194. The Kier molecular flexibility index (Phi) is 6.94. The highest BCUT2D eigenvalue weighted by molar-refractivity contribution is 6.06. The van der Waals surface area contributed by atoms with Crippen LogP contribution < -0.4 is 22.4 Å². The second-order valence-electron chi connectivity index (χ2n) is 6.68. The van der Waals surface area contributed by atoms with E-state index in [9.17, 15) is 4.79 Å². The van der Waals surface area contributed by atoms with Gasteiger partial charge >= 0.3 is 0 Å². The second-order valence-corrected chi connectivity index (χ2v) is 6.68. The number of hydrogen-bond donors (Lipinski definition) is 4.